The second-order valence-electron chi connectivity index (χ2n) is 5.81. The van der Waals surface area contributed by atoms with E-state index < -0.39 is 0 Å². The molecule has 1 aliphatic carbocycles. The molecule has 1 aliphatic heterocycles. The van der Waals surface area contributed by atoms with Crippen LogP contribution in [-0.2, 0) is 18.6 Å². The molecule has 116 valence electrons. The van der Waals surface area contributed by atoms with Crippen molar-refractivity contribution in [2.45, 2.75) is 43.1 Å². The van der Waals surface area contributed by atoms with Crippen LogP contribution < -0.4 is 5.56 Å². The van der Waals surface area contributed by atoms with E-state index in [4.69, 9.17) is 0 Å². The minimum Gasteiger partial charge on any atom is -0.329 e. The van der Waals surface area contributed by atoms with E-state index in [-0.39, 0.29) is 5.56 Å². The molecular formula is C15H18N4OS2. The number of thioether (sulfide) groups is 2. The van der Waals surface area contributed by atoms with E-state index in [0.717, 1.165) is 47.1 Å². The fourth-order valence-corrected chi connectivity index (χ4v) is 4.72. The lowest BCUT2D eigenvalue weighted by Gasteiger charge is -2.28. The molecule has 2 aliphatic rings. The van der Waals surface area contributed by atoms with Gasteiger partial charge in [0.05, 0.1) is 29.5 Å². The molecule has 1 fully saturated rings. The number of fused-ring (bicyclic) bond motifs is 1. The van der Waals surface area contributed by atoms with Crippen molar-refractivity contribution in [1.29, 1.82) is 0 Å². The Balaban J connectivity index is 1.55. The molecule has 22 heavy (non-hydrogen) atoms. The first-order valence-corrected chi connectivity index (χ1v) is 9.71. The summed E-state index contributed by atoms with van der Waals surface area (Å²) < 4.78 is 2.30. The number of H-pyrrole nitrogens is 1. The number of imidazole rings is 1. The van der Waals surface area contributed by atoms with Crippen LogP contribution >= 0.6 is 23.5 Å². The van der Waals surface area contributed by atoms with Crippen LogP contribution in [0.15, 0.2) is 16.3 Å². The van der Waals surface area contributed by atoms with Crippen molar-refractivity contribution in [3.63, 3.8) is 0 Å². The van der Waals surface area contributed by atoms with Crippen LogP contribution in [-0.4, -0.2) is 31.0 Å². The first-order chi connectivity index (χ1) is 10.7. The Morgan fingerprint density at radius 2 is 2.32 bits per heavy atom. The third kappa shape index (κ3) is 2.50. The number of nitrogens with one attached hydrogen (secondary N) is 1. The highest BCUT2D eigenvalue weighted by molar-refractivity contribution is 8.00. The van der Waals surface area contributed by atoms with E-state index in [1.165, 1.54) is 17.2 Å². The number of aryl methyl sites for hydroxylation is 2. The quantitative estimate of drug-likeness (QED) is 0.687. The van der Waals surface area contributed by atoms with Crippen molar-refractivity contribution in [3.05, 3.63) is 39.3 Å². The van der Waals surface area contributed by atoms with Gasteiger partial charge >= 0.3 is 0 Å². The average molecular weight is 334 g/mol. The van der Waals surface area contributed by atoms with Gasteiger partial charge in [0, 0.05) is 22.8 Å². The van der Waals surface area contributed by atoms with Gasteiger partial charge in [-0.1, -0.05) is 11.8 Å². The summed E-state index contributed by atoms with van der Waals surface area (Å²) in [5, 5.41) is 0.737. The van der Waals surface area contributed by atoms with Crippen LogP contribution in [0, 0.1) is 6.92 Å². The Hall–Kier alpha value is -1.21. The molecular weight excluding hydrogens is 316 g/mol. The molecule has 0 spiro atoms. The summed E-state index contributed by atoms with van der Waals surface area (Å²) in [6.07, 6.45) is 4.80. The van der Waals surface area contributed by atoms with E-state index in [1.807, 2.05) is 18.1 Å². The molecule has 1 saturated heterocycles. The van der Waals surface area contributed by atoms with Gasteiger partial charge in [-0.3, -0.25) is 4.79 Å². The van der Waals surface area contributed by atoms with Crippen molar-refractivity contribution in [1.82, 2.24) is 19.5 Å². The Kier molecular flexibility index (Phi) is 3.78. The summed E-state index contributed by atoms with van der Waals surface area (Å²) in [5.41, 5.74) is 4.25. The third-order valence-electron chi connectivity index (χ3n) is 4.38. The first-order valence-electron chi connectivity index (χ1n) is 7.57. The molecule has 0 amide bonds. The van der Waals surface area contributed by atoms with Crippen LogP contribution in [0.2, 0.25) is 0 Å². The molecule has 0 unspecified atom stereocenters. The summed E-state index contributed by atoms with van der Waals surface area (Å²) in [7, 11) is 0. The Morgan fingerprint density at radius 1 is 1.45 bits per heavy atom. The van der Waals surface area contributed by atoms with Crippen molar-refractivity contribution >= 4 is 23.5 Å². The molecule has 0 bridgehead atoms. The van der Waals surface area contributed by atoms with Gasteiger partial charge < -0.3 is 9.55 Å². The molecule has 0 aromatic carbocycles. The van der Waals surface area contributed by atoms with Gasteiger partial charge in [-0.25, -0.2) is 9.97 Å². The van der Waals surface area contributed by atoms with Crippen molar-refractivity contribution in [2.75, 3.05) is 11.5 Å². The van der Waals surface area contributed by atoms with Gasteiger partial charge in [-0.15, -0.1) is 0 Å². The van der Waals surface area contributed by atoms with Crippen LogP contribution in [0.1, 0.15) is 35.1 Å². The van der Waals surface area contributed by atoms with Gasteiger partial charge in [0.1, 0.15) is 0 Å². The lowest BCUT2D eigenvalue weighted by Crippen LogP contribution is -2.23. The standard InChI is InChI=1S/C15H18N4OS2/c1-9-13(19(8-16-9)10-5-21-6-10)7-22-15-17-12-4-2-3-11(12)14(20)18-15/h8,10H,2-7H2,1H3,(H,17,18,20). The summed E-state index contributed by atoms with van der Waals surface area (Å²) in [5.74, 6) is 3.14. The molecule has 0 atom stereocenters. The van der Waals surface area contributed by atoms with E-state index in [1.54, 1.807) is 11.8 Å². The number of aromatic nitrogens is 4. The normalized spacial score (nSPS) is 17.5. The van der Waals surface area contributed by atoms with Gasteiger partial charge in [-0.05, 0) is 26.2 Å². The average Bonchev–Trinajstić information content (AvgIpc) is 3.03. The lowest BCUT2D eigenvalue weighted by atomic mass is 10.3. The number of hydrogen-bond acceptors (Lipinski definition) is 5. The van der Waals surface area contributed by atoms with E-state index in [0.29, 0.717) is 6.04 Å². The van der Waals surface area contributed by atoms with Crippen molar-refractivity contribution < 1.29 is 0 Å². The first kappa shape index (κ1) is 14.4. The smallest absolute Gasteiger partial charge is 0.254 e. The Labute approximate surface area is 137 Å². The monoisotopic (exact) mass is 334 g/mol. The fourth-order valence-electron chi connectivity index (χ4n) is 2.98. The fraction of sp³-hybridized carbons (Fsp3) is 0.533. The van der Waals surface area contributed by atoms with Crippen LogP contribution in [0.25, 0.3) is 0 Å². The van der Waals surface area contributed by atoms with Crippen LogP contribution in [0.4, 0.5) is 0 Å². The molecule has 5 nitrogen and oxygen atoms in total. The number of hydrogen-bond donors (Lipinski definition) is 1. The summed E-state index contributed by atoms with van der Waals surface area (Å²) >= 11 is 3.58. The maximum atomic E-state index is 12.1. The highest BCUT2D eigenvalue weighted by Crippen LogP contribution is 2.32. The number of aromatic amines is 1. The largest absolute Gasteiger partial charge is 0.329 e. The zero-order chi connectivity index (χ0) is 15.1. The van der Waals surface area contributed by atoms with Gasteiger partial charge in [0.2, 0.25) is 0 Å². The van der Waals surface area contributed by atoms with Gasteiger partial charge in [0.15, 0.2) is 5.16 Å². The molecule has 2 aromatic rings. The summed E-state index contributed by atoms with van der Waals surface area (Å²) in [6, 6.07) is 0.578. The van der Waals surface area contributed by atoms with Gasteiger partial charge in [0.25, 0.3) is 5.56 Å². The maximum Gasteiger partial charge on any atom is 0.254 e. The van der Waals surface area contributed by atoms with Crippen LogP contribution in [0.3, 0.4) is 0 Å². The molecule has 0 radical (unpaired) electrons. The van der Waals surface area contributed by atoms with E-state index >= 15 is 0 Å². The van der Waals surface area contributed by atoms with Gasteiger partial charge in [-0.2, -0.15) is 11.8 Å². The Bertz CT molecular complexity index is 763. The molecule has 3 heterocycles. The Morgan fingerprint density at radius 3 is 3.09 bits per heavy atom. The second-order valence-corrected chi connectivity index (χ2v) is 7.85. The summed E-state index contributed by atoms with van der Waals surface area (Å²) in [4.78, 5) is 24.1. The summed E-state index contributed by atoms with van der Waals surface area (Å²) in [6.45, 7) is 2.05. The predicted molar refractivity (Wildman–Crippen MR) is 89.8 cm³/mol. The van der Waals surface area contributed by atoms with Crippen molar-refractivity contribution in [3.8, 4) is 0 Å². The van der Waals surface area contributed by atoms with E-state index in [9.17, 15) is 4.79 Å². The third-order valence-corrected chi connectivity index (χ3v) is 6.51. The number of nitrogens with zero attached hydrogens (tertiary/aromatic N) is 3. The lowest BCUT2D eigenvalue weighted by molar-refractivity contribution is 0.576. The number of rotatable bonds is 4. The SMILES string of the molecule is Cc1ncn(C2CSC2)c1CSc1nc2c(c(=O)[nH]1)CCC2. The van der Waals surface area contributed by atoms with Crippen molar-refractivity contribution in [2.24, 2.45) is 0 Å². The van der Waals surface area contributed by atoms with E-state index in [2.05, 4.69) is 26.4 Å². The zero-order valence-electron chi connectivity index (χ0n) is 12.5. The second kappa shape index (κ2) is 5.77. The highest BCUT2D eigenvalue weighted by atomic mass is 32.2. The molecule has 4 rings (SSSR count). The predicted octanol–water partition coefficient (Wildman–Crippen LogP) is 2.34. The molecule has 1 N–H and O–H groups in total. The minimum absolute atomic E-state index is 0.0469. The topological polar surface area (TPSA) is 63.6 Å². The maximum absolute atomic E-state index is 12.1. The zero-order valence-corrected chi connectivity index (χ0v) is 14.1. The highest BCUT2D eigenvalue weighted by Gasteiger charge is 2.23. The van der Waals surface area contributed by atoms with Crippen LogP contribution in [0.5, 0.6) is 0 Å². The molecule has 0 saturated carbocycles. The molecule has 7 heteroatoms. The molecule has 2 aromatic heterocycles. The minimum atomic E-state index is 0.0469.